The second-order valence-corrected chi connectivity index (χ2v) is 4.51. The van der Waals surface area contributed by atoms with Crippen LogP contribution in [0.2, 0.25) is 0 Å². The summed E-state index contributed by atoms with van der Waals surface area (Å²) in [6.07, 6.45) is 0. The maximum absolute atomic E-state index is 9.54. The minimum atomic E-state index is 0.197. The molecular formula is C16H18O4. The van der Waals surface area contributed by atoms with Crippen molar-refractivity contribution in [2.24, 2.45) is 0 Å². The van der Waals surface area contributed by atoms with Gasteiger partial charge in [-0.2, -0.15) is 0 Å². The van der Waals surface area contributed by atoms with Crippen molar-refractivity contribution in [2.45, 2.75) is 13.5 Å². The number of methoxy groups -OCH3 is 2. The van der Waals surface area contributed by atoms with E-state index in [2.05, 4.69) is 0 Å². The first-order valence-corrected chi connectivity index (χ1v) is 6.26. The molecule has 0 saturated carbocycles. The van der Waals surface area contributed by atoms with E-state index in [-0.39, 0.29) is 5.75 Å². The highest BCUT2D eigenvalue weighted by Gasteiger charge is 2.04. The monoisotopic (exact) mass is 274 g/mol. The van der Waals surface area contributed by atoms with Gasteiger partial charge in [0.25, 0.3) is 0 Å². The molecule has 0 aliphatic heterocycles. The lowest BCUT2D eigenvalue weighted by Crippen LogP contribution is -1.97. The Balaban J connectivity index is 2.13. The minimum absolute atomic E-state index is 0.197. The number of phenols is 1. The lowest BCUT2D eigenvalue weighted by molar-refractivity contribution is 0.302. The van der Waals surface area contributed by atoms with E-state index in [1.54, 1.807) is 26.4 Å². The molecule has 0 unspecified atom stereocenters. The van der Waals surface area contributed by atoms with Gasteiger partial charge in [-0.1, -0.05) is 0 Å². The standard InChI is InChI=1S/C16H18O4/c1-11-4-13(17)8-16(5-11)20-10-12-6-14(18-2)9-15(7-12)19-3/h4-9,17H,10H2,1-3H3. The van der Waals surface area contributed by atoms with Crippen molar-refractivity contribution in [1.29, 1.82) is 0 Å². The maximum atomic E-state index is 9.54. The van der Waals surface area contributed by atoms with Gasteiger partial charge in [-0.05, 0) is 42.3 Å². The summed E-state index contributed by atoms with van der Waals surface area (Å²) in [5.74, 6) is 2.26. The van der Waals surface area contributed by atoms with Crippen LogP contribution in [0.1, 0.15) is 11.1 Å². The van der Waals surface area contributed by atoms with Crippen molar-refractivity contribution in [3.05, 3.63) is 47.5 Å². The number of ether oxygens (including phenoxy) is 3. The van der Waals surface area contributed by atoms with Crippen LogP contribution in [0.3, 0.4) is 0 Å². The van der Waals surface area contributed by atoms with Gasteiger partial charge in [0, 0.05) is 12.1 Å². The highest BCUT2D eigenvalue weighted by atomic mass is 16.5. The fourth-order valence-electron chi connectivity index (χ4n) is 1.93. The van der Waals surface area contributed by atoms with Crippen LogP contribution >= 0.6 is 0 Å². The fraction of sp³-hybridized carbons (Fsp3) is 0.250. The lowest BCUT2D eigenvalue weighted by atomic mass is 10.2. The Hall–Kier alpha value is -2.36. The van der Waals surface area contributed by atoms with Crippen LogP contribution in [-0.4, -0.2) is 19.3 Å². The Labute approximate surface area is 118 Å². The summed E-state index contributed by atoms with van der Waals surface area (Å²) in [6.45, 7) is 2.28. The molecule has 0 radical (unpaired) electrons. The molecule has 0 spiro atoms. The number of aryl methyl sites for hydroxylation is 1. The number of hydrogen-bond donors (Lipinski definition) is 1. The molecule has 0 saturated heterocycles. The summed E-state index contributed by atoms with van der Waals surface area (Å²) >= 11 is 0. The molecule has 0 heterocycles. The zero-order valence-electron chi connectivity index (χ0n) is 11.8. The van der Waals surface area contributed by atoms with Gasteiger partial charge in [0.05, 0.1) is 14.2 Å². The molecule has 0 atom stereocenters. The second-order valence-electron chi connectivity index (χ2n) is 4.51. The van der Waals surface area contributed by atoms with E-state index in [1.165, 1.54) is 0 Å². The molecule has 0 aromatic heterocycles. The molecule has 0 aliphatic carbocycles. The molecule has 4 heteroatoms. The van der Waals surface area contributed by atoms with Crippen LogP contribution in [0.5, 0.6) is 23.0 Å². The second kappa shape index (κ2) is 6.19. The van der Waals surface area contributed by atoms with Crippen LogP contribution in [0.4, 0.5) is 0 Å². The highest BCUT2D eigenvalue weighted by molar-refractivity contribution is 5.39. The smallest absolute Gasteiger partial charge is 0.123 e. The summed E-state index contributed by atoms with van der Waals surface area (Å²) in [7, 11) is 3.22. The zero-order valence-corrected chi connectivity index (χ0v) is 11.8. The predicted molar refractivity (Wildman–Crippen MR) is 76.7 cm³/mol. The van der Waals surface area contributed by atoms with Gasteiger partial charge < -0.3 is 19.3 Å². The van der Waals surface area contributed by atoms with Crippen molar-refractivity contribution in [2.75, 3.05) is 14.2 Å². The van der Waals surface area contributed by atoms with Gasteiger partial charge in [0.1, 0.15) is 29.6 Å². The van der Waals surface area contributed by atoms with Crippen molar-refractivity contribution >= 4 is 0 Å². The highest BCUT2D eigenvalue weighted by Crippen LogP contribution is 2.25. The van der Waals surface area contributed by atoms with E-state index in [1.807, 2.05) is 31.2 Å². The van der Waals surface area contributed by atoms with Crippen molar-refractivity contribution in [3.8, 4) is 23.0 Å². The van der Waals surface area contributed by atoms with Crippen LogP contribution in [-0.2, 0) is 6.61 Å². The summed E-state index contributed by atoms with van der Waals surface area (Å²) in [5.41, 5.74) is 1.88. The third-order valence-corrected chi connectivity index (χ3v) is 2.85. The Morgan fingerprint density at radius 3 is 2.05 bits per heavy atom. The Morgan fingerprint density at radius 2 is 1.50 bits per heavy atom. The number of rotatable bonds is 5. The molecule has 0 aliphatic rings. The van der Waals surface area contributed by atoms with Crippen molar-refractivity contribution in [3.63, 3.8) is 0 Å². The van der Waals surface area contributed by atoms with E-state index in [0.717, 1.165) is 22.6 Å². The zero-order chi connectivity index (χ0) is 14.5. The average molecular weight is 274 g/mol. The molecule has 20 heavy (non-hydrogen) atoms. The van der Waals surface area contributed by atoms with E-state index >= 15 is 0 Å². The van der Waals surface area contributed by atoms with Crippen molar-refractivity contribution < 1.29 is 19.3 Å². The third-order valence-electron chi connectivity index (χ3n) is 2.85. The quantitative estimate of drug-likeness (QED) is 0.908. The molecule has 1 N–H and O–H groups in total. The fourth-order valence-corrected chi connectivity index (χ4v) is 1.93. The Morgan fingerprint density at radius 1 is 0.850 bits per heavy atom. The molecule has 2 aromatic carbocycles. The minimum Gasteiger partial charge on any atom is -0.508 e. The Bertz CT molecular complexity index is 551. The third kappa shape index (κ3) is 3.57. The van der Waals surface area contributed by atoms with Gasteiger partial charge in [0.2, 0.25) is 0 Å². The molecule has 0 bridgehead atoms. The Kier molecular flexibility index (Phi) is 4.35. The van der Waals surface area contributed by atoms with E-state index in [0.29, 0.717) is 12.4 Å². The first-order valence-electron chi connectivity index (χ1n) is 6.26. The van der Waals surface area contributed by atoms with E-state index in [9.17, 15) is 5.11 Å². The first kappa shape index (κ1) is 14.1. The van der Waals surface area contributed by atoms with Gasteiger partial charge in [-0.3, -0.25) is 0 Å². The lowest BCUT2D eigenvalue weighted by Gasteiger charge is -2.10. The number of phenolic OH excluding ortho intramolecular Hbond substituents is 1. The average Bonchev–Trinajstić information content (AvgIpc) is 2.43. The number of benzene rings is 2. The van der Waals surface area contributed by atoms with Crippen LogP contribution in [0.15, 0.2) is 36.4 Å². The largest absolute Gasteiger partial charge is 0.508 e. The summed E-state index contributed by atoms with van der Waals surface area (Å²) < 4.78 is 16.1. The molecule has 0 fully saturated rings. The molecule has 106 valence electrons. The van der Waals surface area contributed by atoms with E-state index < -0.39 is 0 Å². The first-order chi connectivity index (χ1) is 9.60. The normalized spacial score (nSPS) is 10.2. The number of aromatic hydroxyl groups is 1. The van der Waals surface area contributed by atoms with Crippen LogP contribution < -0.4 is 14.2 Å². The summed E-state index contributed by atoms with van der Waals surface area (Å²) in [4.78, 5) is 0. The summed E-state index contributed by atoms with van der Waals surface area (Å²) in [6, 6.07) is 10.7. The topological polar surface area (TPSA) is 47.9 Å². The SMILES string of the molecule is COc1cc(COc2cc(C)cc(O)c2)cc(OC)c1. The van der Waals surface area contributed by atoms with Gasteiger partial charge in [-0.25, -0.2) is 0 Å². The van der Waals surface area contributed by atoms with Gasteiger partial charge in [0.15, 0.2) is 0 Å². The van der Waals surface area contributed by atoms with Gasteiger partial charge >= 0.3 is 0 Å². The molecule has 2 rings (SSSR count). The molecule has 0 amide bonds. The molecule has 4 nitrogen and oxygen atoms in total. The van der Waals surface area contributed by atoms with E-state index in [4.69, 9.17) is 14.2 Å². The molecular weight excluding hydrogens is 256 g/mol. The molecule has 2 aromatic rings. The maximum Gasteiger partial charge on any atom is 0.123 e. The van der Waals surface area contributed by atoms with Gasteiger partial charge in [-0.15, -0.1) is 0 Å². The summed E-state index contributed by atoms with van der Waals surface area (Å²) in [5, 5.41) is 9.54. The number of hydrogen-bond acceptors (Lipinski definition) is 4. The van der Waals surface area contributed by atoms with Crippen molar-refractivity contribution in [1.82, 2.24) is 0 Å². The van der Waals surface area contributed by atoms with Crippen LogP contribution in [0.25, 0.3) is 0 Å². The van der Waals surface area contributed by atoms with Crippen LogP contribution in [0, 0.1) is 6.92 Å². The predicted octanol–water partition coefficient (Wildman–Crippen LogP) is 3.30.